The van der Waals surface area contributed by atoms with Gasteiger partial charge in [0.1, 0.15) is 0 Å². The summed E-state index contributed by atoms with van der Waals surface area (Å²) in [7, 11) is -3.44. The average Bonchev–Trinajstić information content (AvgIpc) is 2.36. The van der Waals surface area contributed by atoms with Gasteiger partial charge in [0.15, 0.2) is 9.84 Å². The molecule has 6 nitrogen and oxygen atoms in total. The number of carboxylic acids is 1. The molecule has 0 unspecified atom stereocenters. The summed E-state index contributed by atoms with van der Waals surface area (Å²) in [4.78, 5) is 12.6. The van der Waals surface area contributed by atoms with E-state index in [4.69, 9.17) is 10.4 Å². The van der Waals surface area contributed by atoms with E-state index in [2.05, 4.69) is 0 Å². The van der Waals surface area contributed by atoms with Crippen molar-refractivity contribution in [1.82, 2.24) is 4.90 Å². The van der Waals surface area contributed by atoms with Crippen molar-refractivity contribution in [2.45, 2.75) is 4.90 Å². The van der Waals surface area contributed by atoms with Gasteiger partial charge in [-0.3, -0.25) is 4.79 Å². The Hall–Kier alpha value is -1.91. The molecule has 0 atom stereocenters. The normalized spacial score (nSPS) is 16.4. The Morgan fingerprint density at radius 2 is 2.15 bits per heavy atom. The molecule has 7 heteroatoms. The maximum Gasteiger partial charge on any atom is 0.309 e. The zero-order chi connectivity index (χ0) is 14.8. The fourth-order valence-corrected chi connectivity index (χ4v) is 3.36. The molecule has 1 aromatic carbocycles. The molecule has 1 N–H and O–H groups in total. The Labute approximate surface area is 117 Å². The summed E-state index contributed by atoms with van der Waals surface area (Å²) >= 11 is 0. The number of aliphatic carboxylic acids is 1. The summed E-state index contributed by atoms with van der Waals surface area (Å²) in [5, 5.41) is 17.5. The van der Waals surface area contributed by atoms with Gasteiger partial charge >= 0.3 is 5.97 Å². The van der Waals surface area contributed by atoms with E-state index in [-0.39, 0.29) is 16.6 Å². The van der Waals surface area contributed by atoms with Crippen LogP contribution in [0.5, 0.6) is 0 Å². The van der Waals surface area contributed by atoms with Gasteiger partial charge in [-0.25, -0.2) is 8.42 Å². The zero-order valence-electron chi connectivity index (χ0n) is 10.7. The van der Waals surface area contributed by atoms with Crippen LogP contribution in [0.1, 0.15) is 5.56 Å². The van der Waals surface area contributed by atoms with E-state index in [0.717, 1.165) is 0 Å². The van der Waals surface area contributed by atoms with Crippen LogP contribution in [0.2, 0.25) is 0 Å². The number of hydrogen-bond donors (Lipinski definition) is 1. The Balaban J connectivity index is 1.95. The van der Waals surface area contributed by atoms with E-state index in [1.54, 1.807) is 11.0 Å². The van der Waals surface area contributed by atoms with Crippen LogP contribution in [0.4, 0.5) is 0 Å². The van der Waals surface area contributed by atoms with Crippen LogP contribution in [-0.2, 0) is 14.6 Å². The third-order valence-electron chi connectivity index (χ3n) is 3.30. The molecule has 1 aromatic rings. The Morgan fingerprint density at radius 1 is 1.45 bits per heavy atom. The molecular formula is C13H14N2O4S. The molecule has 106 valence electrons. The number of benzene rings is 1. The first kappa shape index (κ1) is 14.5. The third-order valence-corrected chi connectivity index (χ3v) is 5.00. The number of carbonyl (C=O) groups is 1. The number of hydrogen-bond acceptors (Lipinski definition) is 5. The summed E-state index contributed by atoms with van der Waals surface area (Å²) in [6, 6.07) is 7.81. The van der Waals surface area contributed by atoms with Crippen LogP contribution in [-0.4, -0.2) is 49.8 Å². The summed E-state index contributed by atoms with van der Waals surface area (Å²) in [5.74, 6) is -1.31. The van der Waals surface area contributed by atoms with Gasteiger partial charge in [-0.05, 0) is 18.2 Å². The van der Waals surface area contributed by atoms with Gasteiger partial charge in [-0.15, -0.1) is 0 Å². The first-order valence-corrected chi connectivity index (χ1v) is 7.75. The third kappa shape index (κ3) is 3.15. The van der Waals surface area contributed by atoms with Gasteiger partial charge in [0, 0.05) is 19.6 Å². The summed E-state index contributed by atoms with van der Waals surface area (Å²) in [6.07, 6.45) is 0. The molecular weight excluding hydrogens is 280 g/mol. The second-order valence-electron chi connectivity index (χ2n) is 4.75. The van der Waals surface area contributed by atoms with Crippen molar-refractivity contribution in [1.29, 1.82) is 5.26 Å². The molecule has 1 aliphatic heterocycles. The lowest BCUT2D eigenvalue weighted by Crippen LogP contribution is -2.51. The van der Waals surface area contributed by atoms with E-state index in [1.165, 1.54) is 18.2 Å². The second-order valence-corrected chi connectivity index (χ2v) is 6.86. The minimum absolute atomic E-state index is 0.0752. The number of nitriles is 1. The fourth-order valence-electron chi connectivity index (χ4n) is 2.03. The van der Waals surface area contributed by atoms with Gasteiger partial charge in [0.05, 0.1) is 28.2 Å². The topological polar surface area (TPSA) is 98.5 Å². The molecule has 1 aliphatic rings. The predicted octanol–water partition coefficient (Wildman–Crippen LogP) is 0.348. The maximum atomic E-state index is 12.1. The van der Waals surface area contributed by atoms with E-state index < -0.39 is 15.8 Å². The highest BCUT2D eigenvalue weighted by atomic mass is 32.2. The molecule has 1 heterocycles. The summed E-state index contributed by atoms with van der Waals surface area (Å²) in [6.45, 7) is 1.09. The standard InChI is InChI=1S/C13H14N2O4S/c14-7-10-2-1-3-12(6-10)20(18,19)5-4-15-8-11(9-15)13(16)17/h1-3,6,11H,4-5,8-9H2,(H,16,17). The van der Waals surface area contributed by atoms with Gasteiger partial charge < -0.3 is 10.0 Å². The minimum atomic E-state index is -3.44. The van der Waals surface area contributed by atoms with Crippen LogP contribution >= 0.6 is 0 Å². The van der Waals surface area contributed by atoms with Gasteiger partial charge in [-0.1, -0.05) is 6.07 Å². The molecule has 1 saturated heterocycles. The smallest absolute Gasteiger partial charge is 0.309 e. The van der Waals surface area contributed by atoms with Crippen LogP contribution in [0.3, 0.4) is 0 Å². The molecule has 0 saturated carbocycles. The van der Waals surface area contributed by atoms with Crippen molar-refractivity contribution < 1.29 is 18.3 Å². The lowest BCUT2D eigenvalue weighted by molar-refractivity contribution is -0.147. The number of sulfone groups is 1. The molecule has 20 heavy (non-hydrogen) atoms. The van der Waals surface area contributed by atoms with Gasteiger partial charge in [0.2, 0.25) is 0 Å². The molecule has 0 bridgehead atoms. The molecule has 2 rings (SSSR count). The quantitative estimate of drug-likeness (QED) is 0.841. The van der Waals surface area contributed by atoms with Crippen LogP contribution in [0.25, 0.3) is 0 Å². The van der Waals surface area contributed by atoms with Crippen molar-refractivity contribution in [2.75, 3.05) is 25.4 Å². The average molecular weight is 294 g/mol. The van der Waals surface area contributed by atoms with Gasteiger partial charge in [-0.2, -0.15) is 5.26 Å². The van der Waals surface area contributed by atoms with Crippen LogP contribution in [0.15, 0.2) is 29.2 Å². The van der Waals surface area contributed by atoms with Crippen molar-refractivity contribution in [2.24, 2.45) is 5.92 Å². The summed E-state index contributed by atoms with van der Waals surface area (Å²) in [5.41, 5.74) is 0.306. The highest BCUT2D eigenvalue weighted by Crippen LogP contribution is 2.17. The highest BCUT2D eigenvalue weighted by Gasteiger charge is 2.32. The van der Waals surface area contributed by atoms with Crippen LogP contribution in [0, 0.1) is 17.2 Å². The highest BCUT2D eigenvalue weighted by molar-refractivity contribution is 7.91. The molecule has 0 amide bonds. The first-order chi connectivity index (χ1) is 9.42. The SMILES string of the molecule is N#Cc1cccc(S(=O)(=O)CCN2CC(C(=O)O)C2)c1. The van der Waals surface area contributed by atoms with Crippen molar-refractivity contribution in [3.05, 3.63) is 29.8 Å². The Bertz CT molecular complexity index is 657. The van der Waals surface area contributed by atoms with Gasteiger partial charge in [0.25, 0.3) is 0 Å². The van der Waals surface area contributed by atoms with Crippen molar-refractivity contribution >= 4 is 15.8 Å². The fraction of sp³-hybridized carbons (Fsp3) is 0.385. The van der Waals surface area contributed by atoms with E-state index in [0.29, 0.717) is 25.2 Å². The predicted molar refractivity (Wildman–Crippen MR) is 70.8 cm³/mol. The summed E-state index contributed by atoms with van der Waals surface area (Å²) < 4.78 is 24.2. The van der Waals surface area contributed by atoms with E-state index in [1.807, 2.05) is 6.07 Å². The zero-order valence-corrected chi connectivity index (χ0v) is 11.5. The van der Waals surface area contributed by atoms with E-state index in [9.17, 15) is 13.2 Å². The minimum Gasteiger partial charge on any atom is -0.481 e. The van der Waals surface area contributed by atoms with E-state index >= 15 is 0 Å². The lowest BCUT2D eigenvalue weighted by atomic mass is 10.0. The first-order valence-electron chi connectivity index (χ1n) is 6.10. The number of rotatable bonds is 5. The Kier molecular flexibility index (Phi) is 4.06. The van der Waals surface area contributed by atoms with Crippen LogP contribution < -0.4 is 0 Å². The molecule has 0 radical (unpaired) electrons. The number of nitrogens with zero attached hydrogens (tertiary/aromatic N) is 2. The number of carboxylic acid groups (broad SMARTS) is 1. The largest absolute Gasteiger partial charge is 0.481 e. The number of likely N-dealkylation sites (tertiary alicyclic amines) is 1. The molecule has 1 fully saturated rings. The molecule has 0 spiro atoms. The van der Waals surface area contributed by atoms with Crippen molar-refractivity contribution in [3.63, 3.8) is 0 Å². The lowest BCUT2D eigenvalue weighted by Gasteiger charge is -2.36. The van der Waals surface area contributed by atoms with Crippen molar-refractivity contribution in [3.8, 4) is 6.07 Å². The second kappa shape index (κ2) is 5.61. The molecule has 0 aliphatic carbocycles. The maximum absolute atomic E-state index is 12.1. The molecule has 0 aromatic heterocycles. The monoisotopic (exact) mass is 294 g/mol. The Morgan fingerprint density at radius 3 is 2.75 bits per heavy atom.